The minimum atomic E-state index is -0.556. The van der Waals surface area contributed by atoms with Crippen LogP contribution in [0.5, 0.6) is 5.75 Å². The zero-order valence-electron chi connectivity index (χ0n) is 15.4. The lowest BCUT2D eigenvalue weighted by Gasteiger charge is -2.31. The van der Waals surface area contributed by atoms with Crippen molar-refractivity contribution in [2.45, 2.75) is 19.1 Å². The molecule has 0 bridgehead atoms. The Morgan fingerprint density at radius 1 is 1.15 bits per heavy atom. The number of hydrogen-bond acceptors (Lipinski definition) is 4. The lowest BCUT2D eigenvalue weighted by molar-refractivity contribution is -0.146. The number of phenolic OH excluding ortho intramolecular Hbond substituents is 1. The lowest BCUT2D eigenvalue weighted by Crippen LogP contribution is -2.41. The molecule has 0 radical (unpaired) electrons. The summed E-state index contributed by atoms with van der Waals surface area (Å²) in [5.74, 6) is 0.184. The molecular weight excluding hydrogens is 328 g/mol. The van der Waals surface area contributed by atoms with Gasteiger partial charge in [-0.05, 0) is 49.3 Å². The second kappa shape index (κ2) is 8.34. The van der Waals surface area contributed by atoms with Crippen LogP contribution in [0.1, 0.15) is 22.8 Å². The van der Waals surface area contributed by atoms with E-state index in [-0.39, 0.29) is 11.7 Å². The topological polar surface area (TPSA) is 53.0 Å². The molecule has 2 aromatic carbocycles. The van der Waals surface area contributed by atoms with E-state index >= 15 is 0 Å². The third kappa shape index (κ3) is 4.42. The molecule has 0 saturated heterocycles. The van der Waals surface area contributed by atoms with Gasteiger partial charge in [0.2, 0.25) is 0 Å². The summed E-state index contributed by atoms with van der Waals surface area (Å²) >= 11 is 0. The van der Waals surface area contributed by atoms with Crippen LogP contribution in [0.15, 0.2) is 48.5 Å². The molecule has 0 fully saturated rings. The molecule has 3 rings (SSSR count). The summed E-state index contributed by atoms with van der Waals surface area (Å²) in [5, 5.41) is 9.73. The standard InChI is InChI=1S/C21H26N2O3/c1-22(2)11-12-23(15-16-6-5-8-18(24)14-16)21(25)20-19-9-4-3-7-17(19)10-13-26-20/h3-9,14,20,24H,10-13,15H2,1-2H3. The van der Waals surface area contributed by atoms with E-state index in [9.17, 15) is 9.90 Å². The summed E-state index contributed by atoms with van der Waals surface area (Å²) in [5.41, 5.74) is 3.05. The van der Waals surface area contributed by atoms with Gasteiger partial charge >= 0.3 is 0 Å². The number of likely N-dealkylation sites (N-methyl/N-ethyl adjacent to an activating group) is 1. The Balaban J connectivity index is 1.83. The van der Waals surface area contributed by atoms with Crippen LogP contribution in [0.25, 0.3) is 0 Å². The Morgan fingerprint density at radius 3 is 2.73 bits per heavy atom. The third-order valence-electron chi connectivity index (χ3n) is 4.63. The molecule has 1 aliphatic heterocycles. The summed E-state index contributed by atoms with van der Waals surface area (Å²) in [4.78, 5) is 17.2. The number of ether oxygens (including phenoxy) is 1. The van der Waals surface area contributed by atoms with E-state index in [0.29, 0.717) is 19.7 Å². The maximum atomic E-state index is 13.3. The van der Waals surface area contributed by atoms with Crippen LogP contribution >= 0.6 is 0 Å². The highest BCUT2D eigenvalue weighted by atomic mass is 16.5. The van der Waals surface area contributed by atoms with Crippen LogP contribution in [0.3, 0.4) is 0 Å². The van der Waals surface area contributed by atoms with Gasteiger partial charge in [0.1, 0.15) is 5.75 Å². The number of carbonyl (C=O) groups excluding carboxylic acids is 1. The summed E-state index contributed by atoms with van der Waals surface area (Å²) in [6.45, 7) is 2.37. The van der Waals surface area contributed by atoms with Gasteiger partial charge in [-0.3, -0.25) is 4.79 Å². The van der Waals surface area contributed by atoms with Gasteiger partial charge in [0.15, 0.2) is 6.10 Å². The average Bonchev–Trinajstić information content (AvgIpc) is 2.64. The number of carbonyl (C=O) groups is 1. The zero-order valence-corrected chi connectivity index (χ0v) is 15.4. The molecule has 1 unspecified atom stereocenters. The third-order valence-corrected chi connectivity index (χ3v) is 4.63. The van der Waals surface area contributed by atoms with Crippen LogP contribution in [0, 0.1) is 0 Å². The predicted molar refractivity (Wildman–Crippen MR) is 101 cm³/mol. The van der Waals surface area contributed by atoms with E-state index in [1.165, 1.54) is 5.56 Å². The fourth-order valence-corrected chi connectivity index (χ4v) is 3.23. The number of phenols is 1. The van der Waals surface area contributed by atoms with Gasteiger partial charge in [0, 0.05) is 19.6 Å². The number of amides is 1. The Morgan fingerprint density at radius 2 is 1.96 bits per heavy atom. The molecule has 1 atom stereocenters. The van der Waals surface area contributed by atoms with E-state index in [1.807, 2.05) is 43.3 Å². The summed E-state index contributed by atoms with van der Waals surface area (Å²) in [7, 11) is 3.98. The lowest BCUT2D eigenvalue weighted by atomic mass is 9.96. The molecule has 26 heavy (non-hydrogen) atoms. The molecule has 5 nitrogen and oxygen atoms in total. The van der Waals surface area contributed by atoms with Crippen molar-refractivity contribution < 1.29 is 14.6 Å². The van der Waals surface area contributed by atoms with Crippen molar-refractivity contribution in [3.8, 4) is 5.75 Å². The van der Waals surface area contributed by atoms with Crippen molar-refractivity contribution in [2.75, 3.05) is 33.8 Å². The quantitative estimate of drug-likeness (QED) is 0.866. The fraction of sp³-hybridized carbons (Fsp3) is 0.381. The van der Waals surface area contributed by atoms with Gasteiger partial charge < -0.3 is 19.6 Å². The maximum Gasteiger partial charge on any atom is 0.256 e. The normalized spacial score (nSPS) is 16.3. The van der Waals surface area contributed by atoms with Gasteiger partial charge in [-0.1, -0.05) is 36.4 Å². The molecule has 0 saturated carbocycles. The summed E-state index contributed by atoms with van der Waals surface area (Å²) in [6.07, 6.45) is 0.281. The largest absolute Gasteiger partial charge is 0.508 e. The number of fused-ring (bicyclic) bond motifs is 1. The van der Waals surface area contributed by atoms with E-state index < -0.39 is 6.10 Å². The van der Waals surface area contributed by atoms with Gasteiger partial charge in [-0.25, -0.2) is 0 Å². The molecule has 0 aromatic heterocycles. The SMILES string of the molecule is CN(C)CCN(Cc1cccc(O)c1)C(=O)C1OCCc2ccccc21. The number of aromatic hydroxyl groups is 1. The van der Waals surface area contributed by atoms with Crippen molar-refractivity contribution in [3.05, 3.63) is 65.2 Å². The molecular formula is C21H26N2O3. The summed E-state index contributed by atoms with van der Waals surface area (Å²) < 4.78 is 5.86. The second-order valence-corrected chi connectivity index (χ2v) is 6.93. The van der Waals surface area contributed by atoms with Gasteiger partial charge in [-0.2, -0.15) is 0 Å². The van der Waals surface area contributed by atoms with Crippen LogP contribution in [0.2, 0.25) is 0 Å². The monoisotopic (exact) mass is 354 g/mol. The van der Waals surface area contributed by atoms with Crippen LogP contribution in [0.4, 0.5) is 0 Å². The first-order valence-corrected chi connectivity index (χ1v) is 8.95. The Labute approximate surface area is 154 Å². The van der Waals surface area contributed by atoms with Gasteiger partial charge in [0.25, 0.3) is 5.91 Å². The molecule has 5 heteroatoms. The molecule has 138 valence electrons. The van der Waals surface area contributed by atoms with E-state index in [2.05, 4.69) is 11.0 Å². The van der Waals surface area contributed by atoms with Crippen molar-refractivity contribution in [3.63, 3.8) is 0 Å². The molecule has 1 amide bonds. The summed E-state index contributed by atoms with van der Waals surface area (Å²) in [6, 6.07) is 15.1. The van der Waals surface area contributed by atoms with E-state index in [0.717, 1.165) is 24.1 Å². The van der Waals surface area contributed by atoms with Crippen molar-refractivity contribution in [1.82, 2.24) is 9.80 Å². The Hall–Kier alpha value is -2.37. The highest BCUT2D eigenvalue weighted by molar-refractivity contribution is 5.83. The van der Waals surface area contributed by atoms with Crippen molar-refractivity contribution in [2.24, 2.45) is 0 Å². The Bertz CT molecular complexity index is 760. The van der Waals surface area contributed by atoms with E-state index in [4.69, 9.17) is 4.74 Å². The number of benzene rings is 2. The molecule has 0 aliphatic carbocycles. The minimum Gasteiger partial charge on any atom is -0.508 e. The van der Waals surface area contributed by atoms with Crippen molar-refractivity contribution in [1.29, 1.82) is 0 Å². The number of rotatable bonds is 6. The highest BCUT2D eigenvalue weighted by Gasteiger charge is 2.31. The van der Waals surface area contributed by atoms with Crippen molar-refractivity contribution >= 4 is 5.91 Å². The predicted octanol–water partition coefficient (Wildman–Crippen LogP) is 2.60. The molecule has 1 heterocycles. The van der Waals surface area contributed by atoms with E-state index in [1.54, 1.807) is 18.2 Å². The number of nitrogens with zero attached hydrogens (tertiary/aromatic N) is 2. The fourth-order valence-electron chi connectivity index (χ4n) is 3.23. The maximum absolute atomic E-state index is 13.3. The zero-order chi connectivity index (χ0) is 18.5. The smallest absolute Gasteiger partial charge is 0.256 e. The molecule has 1 N–H and O–H groups in total. The second-order valence-electron chi connectivity index (χ2n) is 6.93. The van der Waals surface area contributed by atoms with Crippen LogP contribution in [-0.2, 0) is 22.5 Å². The number of hydrogen-bond donors (Lipinski definition) is 1. The first-order valence-electron chi connectivity index (χ1n) is 8.95. The first-order chi connectivity index (χ1) is 12.5. The molecule has 0 spiro atoms. The Kier molecular flexibility index (Phi) is 5.91. The first kappa shape index (κ1) is 18.4. The van der Waals surface area contributed by atoms with Crippen LogP contribution < -0.4 is 0 Å². The minimum absolute atomic E-state index is 0.0256. The highest BCUT2D eigenvalue weighted by Crippen LogP contribution is 2.29. The van der Waals surface area contributed by atoms with Gasteiger partial charge in [0.05, 0.1) is 6.61 Å². The molecule has 2 aromatic rings. The molecule has 1 aliphatic rings. The van der Waals surface area contributed by atoms with Crippen LogP contribution in [-0.4, -0.2) is 54.6 Å². The van der Waals surface area contributed by atoms with Gasteiger partial charge in [-0.15, -0.1) is 0 Å². The average molecular weight is 354 g/mol.